The van der Waals surface area contributed by atoms with Crippen molar-refractivity contribution in [1.82, 2.24) is 0 Å². The Hall–Kier alpha value is -0.640. The Morgan fingerprint density at radius 1 is 0.512 bits per heavy atom. The summed E-state index contributed by atoms with van der Waals surface area (Å²) in [6.07, 6.45) is -18.7. The molecule has 0 bridgehead atoms. The minimum Gasteiger partial charge on any atom is -0.393 e. The molecule has 5 aliphatic rings. The van der Waals surface area contributed by atoms with Crippen LogP contribution in [0.15, 0.2) is 0 Å². The molecule has 16 nitrogen and oxygen atoms in total. The fourth-order valence-electron chi connectivity index (χ4n) is 7.18. The van der Waals surface area contributed by atoms with Gasteiger partial charge in [0, 0.05) is 5.92 Å². The van der Waals surface area contributed by atoms with Crippen LogP contribution in [0.1, 0.15) is 38.5 Å². The van der Waals surface area contributed by atoms with E-state index < -0.39 is 104 Å². The summed E-state index contributed by atoms with van der Waals surface area (Å²) in [6.45, 7) is -0.555. The van der Waals surface area contributed by atoms with E-state index in [-0.39, 0.29) is 37.9 Å². The summed E-state index contributed by atoms with van der Waals surface area (Å²) in [4.78, 5) is 0. The lowest BCUT2D eigenvalue weighted by Gasteiger charge is -2.51. The normalized spacial score (nSPS) is 54.6. The Morgan fingerprint density at radius 2 is 1.07 bits per heavy atom. The third kappa shape index (κ3) is 7.20. The van der Waals surface area contributed by atoms with Crippen molar-refractivity contribution in [2.45, 2.75) is 143 Å². The summed E-state index contributed by atoms with van der Waals surface area (Å²) >= 11 is 0. The average molecular weight is 627 g/mol. The number of aliphatic hydroxyl groups excluding tert-OH is 11. The summed E-state index contributed by atoms with van der Waals surface area (Å²) in [7, 11) is 0. The molecule has 0 aromatic carbocycles. The molecule has 3 aliphatic heterocycles. The zero-order valence-corrected chi connectivity index (χ0v) is 23.6. The summed E-state index contributed by atoms with van der Waals surface area (Å²) in [5.74, 6) is -0.571. The van der Waals surface area contributed by atoms with E-state index in [1.54, 1.807) is 0 Å². The van der Waals surface area contributed by atoms with Gasteiger partial charge < -0.3 is 79.9 Å². The van der Waals surface area contributed by atoms with Crippen LogP contribution in [0.4, 0.5) is 0 Å². The summed E-state index contributed by atoms with van der Waals surface area (Å²) in [5.41, 5.74) is 0. The van der Waals surface area contributed by atoms with E-state index in [9.17, 15) is 56.2 Å². The molecule has 3 heterocycles. The molecule has 0 amide bonds. The maximum atomic E-state index is 10.7. The largest absolute Gasteiger partial charge is 0.393 e. The second kappa shape index (κ2) is 14.0. The lowest BCUT2D eigenvalue weighted by molar-refractivity contribution is -0.300. The van der Waals surface area contributed by atoms with Crippen LogP contribution in [0, 0.1) is 11.8 Å². The van der Waals surface area contributed by atoms with Gasteiger partial charge in [-0.2, -0.15) is 0 Å². The standard InChI is InChI=1S/C27H46O16/c28-10-4-14(39-7-17-19(31)21(33)23(35)26(37)42-17)11-6-16(40-8-18-20(32)22(34)24(36)27(38)43-18)25(41-15(11)5-10)9-1-2-12(29)13(30)3-9/h9-38H,1-8H2. The minimum absolute atomic E-state index is 0.202. The van der Waals surface area contributed by atoms with Crippen LogP contribution in [0.3, 0.4) is 0 Å². The van der Waals surface area contributed by atoms with Crippen molar-refractivity contribution in [2.75, 3.05) is 13.2 Å². The van der Waals surface area contributed by atoms with Crippen LogP contribution in [-0.2, 0) is 23.7 Å². The molecule has 5 fully saturated rings. The van der Waals surface area contributed by atoms with Crippen LogP contribution in [0.2, 0.25) is 0 Å². The van der Waals surface area contributed by atoms with Gasteiger partial charge in [0.15, 0.2) is 12.6 Å². The zero-order valence-electron chi connectivity index (χ0n) is 23.6. The molecular formula is C27H46O16. The van der Waals surface area contributed by atoms with Gasteiger partial charge in [-0.3, -0.25) is 0 Å². The number of aliphatic hydroxyl groups is 11. The molecule has 2 saturated carbocycles. The molecule has 19 unspecified atom stereocenters. The highest BCUT2D eigenvalue weighted by Crippen LogP contribution is 2.43. The maximum Gasteiger partial charge on any atom is 0.184 e. The van der Waals surface area contributed by atoms with E-state index in [0.717, 1.165) is 0 Å². The van der Waals surface area contributed by atoms with E-state index >= 15 is 0 Å². The van der Waals surface area contributed by atoms with Gasteiger partial charge in [0.2, 0.25) is 0 Å². The van der Waals surface area contributed by atoms with Crippen molar-refractivity contribution >= 4 is 0 Å². The first-order valence-corrected chi connectivity index (χ1v) is 15.0. The molecule has 0 aromatic heterocycles. The van der Waals surface area contributed by atoms with Crippen molar-refractivity contribution in [3.63, 3.8) is 0 Å². The van der Waals surface area contributed by atoms with Crippen LogP contribution in [0.5, 0.6) is 0 Å². The topological polar surface area (TPSA) is 269 Å². The molecule has 19 atom stereocenters. The lowest BCUT2D eigenvalue weighted by Crippen LogP contribution is -2.60. The van der Waals surface area contributed by atoms with Crippen molar-refractivity contribution < 1.29 is 79.9 Å². The van der Waals surface area contributed by atoms with Crippen LogP contribution in [0.25, 0.3) is 0 Å². The van der Waals surface area contributed by atoms with Gasteiger partial charge in [-0.15, -0.1) is 0 Å². The molecule has 3 saturated heterocycles. The fourth-order valence-corrected chi connectivity index (χ4v) is 7.18. The second-order valence-corrected chi connectivity index (χ2v) is 12.7. The Bertz CT molecular complexity index is 899. The van der Waals surface area contributed by atoms with Crippen molar-refractivity contribution in [3.05, 3.63) is 0 Å². The molecule has 11 N–H and O–H groups in total. The Kier molecular flexibility index (Phi) is 11.0. The lowest BCUT2D eigenvalue weighted by atomic mass is 9.72. The van der Waals surface area contributed by atoms with Crippen LogP contribution < -0.4 is 0 Å². The van der Waals surface area contributed by atoms with E-state index in [2.05, 4.69) is 0 Å². The highest BCUT2D eigenvalue weighted by molar-refractivity contribution is 4.99. The molecule has 0 spiro atoms. The van der Waals surface area contributed by atoms with E-state index in [1.165, 1.54) is 0 Å². The van der Waals surface area contributed by atoms with Gasteiger partial charge >= 0.3 is 0 Å². The van der Waals surface area contributed by atoms with E-state index in [1.807, 2.05) is 0 Å². The first-order chi connectivity index (χ1) is 20.3. The molecule has 250 valence electrons. The minimum atomic E-state index is -1.74. The van der Waals surface area contributed by atoms with Gasteiger partial charge in [-0.05, 0) is 44.4 Å². The molecule has 5 rings (SSSR count). The smallest absolute Gasteiger partial charge is 0.184 e. The monoisotopic (exact) mass is 626 g/mol. The SMILES string of the molecule is OC1CC(OCC2OC(O)C(O)C(O)C2O)C2CC(OCC3OC(O)C(O)C(O)C3O)C(C3CCC(O)C(O)C3)OC2C1. The fraction of sp³-hybridized carbons (Fsp3) is 1.00. The third-order valence-corrected chi connectivity index (χ3v) is 9.78. The predicted octanol–water partition coefficient (Wildman–Crippen LogP) is -5.19. The Morgan fingerprint density at radius 3 is 1.63 bits per heavy atom. The number of hydrogen-bond donors (Lipinski definition) is 11. The highest BCUT2D eigenvalue weighted by atomic mass is 16.7. The van der Waals surface area contributed by atoms with Crippen LogP contribution in [-0.4, -0.2) is 174 Å². The van der Waals surface area contributed by atoms with Gasteiger partial charge in [-0.25, -0.2) is 0 Å². The van der Waals surface area contributed by atoms with E-state index in [4.69, 9.17) is 23.7 Å². The first kappa shape index (κ1) is 33.7. The van der Waals surface area contributed by atoms with Crippen LogP contribution >= 0.6 is 0 Å². The molecule has 43 heavy (non-hydrogen) atoms. The van der Waals surface area contributed by atoms with Gasteiger partial charge in [-0.1, -0.05) is 0 Å². The zero-order chi connectivity index (χ0) is 31.2. The van der Waals surface area contributed by atoms with Gasteiger partial charge in [0.1, 0.15) is 48.8 Å². The quantitative estimate of drug-likeness (QED) is 0.126. The summed E-state index contributed by atoms with van der Waals surface area (Å²) < 4.78 is 29.3. The molecule has 0 aromatic rings. The van der Waals surface area contributed by atoms with Crippen molar-refractivity contribution in [2.24, 2.45) is 11.8 Å². The first-order valence-electron chi connectivity index (χ1n) is 15.0. The molecule has 0 radical (unpaired) electrons. The summed E-state index contributed by atoms with van der Waals surface area (Å²) in [6, 6.07) is 0. The van der Waals surface area contributed by atoms with E-state index in [0.29, 0.717) is 25.7 Å². The second-order valence-electron chi connectivity index (χ2n) is 12.7. The number of ether oxygens (including phenoxy) is 5. The van der Waals surface area contributed by atoms with Crippen molar-refractivity contribution in [3.8, 4) is 0 Å². The predicted molar refractivity (Wildman–Crippen MR) is 139 cm³/mol. The Balaban J connectivity index is 1.30. The molecule has 2 aliphatic carbocycles. The Labute approximate surface area is 248 Å². The third-order valence-electron chi connectivity index (χ3n) is 9.78. The number of rotatable bonds is 7. The highest BCUT2D eigenvalue weighted by Gasteiger charge is 2.51. The van der Waals surface area contributed by atoms with Gasteiger partial charge in [0.25, 0.3) is 0 Å². The van der Waals surface area contributed by atoms with Crippen molar-refractivity contribution in [1.29, 1.82) is 0 Å². The average Bonchev–Trinajstić information content (AvgIpc) is 2.98. The molecule has 16 heteroatoms. The maximum absolute atomic E-state index is 10.7. The summed E-state index contributed by atoms with van der Waals surface area (Å²) in [5, 5.41) is 111. The van der Waals surface area contributed by atoms with Gasteiger partial charge in [0.05, 0.1) is 55.9 Å². The number of hydrogen-bond acceptors (Lipinski definition) is 16. The number of fused-ring (bicyclic) bond motifs is 1. The molecular weight excluding hydrogens is 580 g/mol.